The summed E-state index contributed by atoms with van der Waals surface area (Å²) in [7, 11) is -1.32. The average molecular weight is 265 g/mol. The Hall–Kier alpha value is -0.170. The molecular weight excluding hydrogens is 242 g/mol. The molecule has 1 unspecified atom stereocenters. The molecule has 0 aliphatic carbocycles. The molecule has 0 spiro atoms. The second kappa shape index (κ2) is 8.02. The Labute approximate surface area is 104 Å². The fourth-order valence-corrected chi connectivity index (χ4v) is 3.29. The number of nitrogens with one attached hydrogen (secondary N) is 1. The van der Waals surface area contributed by atoms with Gasteiger partial charge in [0.15, 0.2) is 9.84 Å². The van der Waals surface area contributed by atoms with Gasteiger partial charge in [0, 0.05) is 26.9 Å². The molecule has 0 aromatic carbocycles. The van der Waals surface area contributed by atoms with Gasteiger partial charge in [-0.15, -0.1) is 0 Å². The quantitative estimate of drug-likeness (QED) is 0.604. The van der Waals surface area contributed by atoms with E-state index < -0.39 is 9.84 Å². The van der Waals surface area contributed by atoms with Crippen molar-refractivity contribution in [2.24, 2.45) is 0 Å². The van der Waals surface area contributed by atoms with E-state index in [0.717, 1.165) is 25.8 Å². The van der Waals surface area contributed by atoms with Crippen LogP contribution in [0.5, 0.6) is 0 Å². The Balaban J connectivity index is 2.07. The first kappa shape index (κ1) is 14.9. The van der Waals surface area contributed by atoms with Gasteiger partial charge in [-0.25, -0.2) is 8.42 Å². The summed E-state index contributed by atoms with van der Waals surface area (Å²) in [6.07, 6.45) is 2.69. The number of hydrogen-bond acceptors (Lipinski definition) is 5. The lowest BCUT2D eigenvalue weighted by Gasteiger charge is -2.10. The normalized spacial score (nSPS) is 20.9. The number of hydrogen-bond donors (Lipinski definition) is 1. The molecule has 1 atom stereocenters. The minimum Gasteiger partial charge on any atom is -0.385 e. The van der Waals surface area contributed by atoms with E-state index in [4.69, 9.17) is 9.47 Å². The molecule has 0 aromatic rings. The van der Waals surface area contributed by atoms with Gasteiger partial charge in [-0.1, -0.05) is 0 Å². The topological polar surface area (TPSA) is 64.6 Å². The zero-order valence-corrected chi connectivity index (χ0v) is 11.3. The van der Waals surface area contributed by atoms with Gasteiger partial charge in [0.2, 0.25) is 0 Å². The summed E-state index contributed by atoms with van der Waals surface area (Å²) < 4.78 is 33.7. The molecule has 0 amide bonds. The van der Waals surface area contributed by atoms with Crippen molar-refractivity contribution in [3.63, 3.8) is 0 Å². The number of ether oxygens (including phenoxy) is 2. The lowest BCUT2D eigenvalue weighted by molar-refractivity contribution is 0.127. The molecule has 1 heterocycles. The maximum absolute atomic E-state index is 11.7. The molecule has 1 N–H and O–H groups in total. The zero-order valence-electron chi connectivity index (χ0n) is 10.5. The van der Waals surface area contributed by atoms with E-state index in [1.54, 1.807) is 7.11 Å². The van der Waals surface area contributed by atoms with E-state index in [0.29, 0.717) is 19.8 Å². The van der Waals surface area contributed by atoms with E-state index in [-0.39, 0.29) is 17.6 Å². The highest BCUT2D eigenvalue weighted by Crippen LogP contribution is 2.13. The van der Waals surface area contributed by atoms with Crippen molar-refractivity contribution >= 4 is 9.84 Å². The molecule has 1 saturated heterocycles. The van der Waals surface area contributed by atoms with Crippen LogP contribution in [0.3, 0.4) is 0 Å². The third kappa shape index (κ3) is 6.98. The van der Waals surface area contributed by atoms with Crippen LogP contribution in [-0.2, 0) is 19.3 Å². The lowest BCUT2D eigenvalue weighted by atomic mass is 10.3. The Morgan fingerprint density at radius 3 is 2.88 bits per heavy atom. The molecule has 0 radical (unpaired) electrons. The van der Waals surface area contributed by atoms with E-state index in [1.807, 2.05) is 0 Å². The highest BCUT2D eigenvalue weighted by molar-refractivity contribution is 7.91. The fourth-order valence-electron chi connectivity index (χ4n) is 1.84. The van der Waals surface area contributed by atoms with Crippen molar-refractivity contribution in [1.29, 1.82) is 0 Å². The van der Waals surface area contributed by atoms with Gasteiger partial charge >= 0.3 is 0 Å². The molecule has 102 valence electrons. The van der Waals surface area contributed by atoms with Crippen LogP contribution in [0.2, 0.25) is 0 Å². The van der Waals surface area contributed by atoms with Gasteiger partial charge in [0.25, 0.3) is 0 Å². The van der Waals surface area contributed by atoms with Gasteiger partial charge in [-0.2, -0.15) is 0 Å². The zero-order chi connectivity index (χ0) is 12.6. The van der Waals surface area contributed by atoms with Gasteiger partial charge < -0.3 is 14.8 Å². The molecule has 0 aromatic heterocycles. The summed E-state index contributed by atoms with van der Waals surface area (Å²) in [6, 6.07) is 0. The molecule has 1 rings (SSSR count). The summed E-state index contributed by atoms with van der Waals surface area (Å²) in [4.78, 5) is 0. The van der Waals surface area contributed by atoms with Crippen LogP contribution in [0.15, 0.2) is 0 Å². The first-order chi connectivity index (χ1) is 8.14. The number of rotatable bonds is 9. The maximum Gasteiger partial charge on any atom is 0.154 e. The number of methoxy groups -OCH3 is 1. The first-order valence-corrected chi connectivity index (χ1v) is 7.98. The Morgan fingerprint density at radius 1 is 1.41 bits per heavy atom. The molecule has 6 heteroatoms. The molecule has 1 aliphatic rings. The monoisotopic (exact) mass is 265 g/mol. The van der Waals surface area contributed by atoms with Crippen molar-refractivity contribution in [2.45, 2.75) is 25.4 Å². The SMILES string of the molecule is COCCCNCCS(=O)(=O)CC1CCCO1. The molecule has 5 nitrogen and oxygen atoms in total. The Morgan fingerprint density at radius 2 is 2.24 bits per heavy atom. The third-order valence-electron chi connectivity index (χ3n) is 2.76. The molecule has 1 aliphatic heterocycles. The van der Waals surface area contributed by atoms with Gasteiger partial charge in [0.05, 0.1) is 17.6 Å². The Bertz CT molecular complexity index is 286. The van der Waals surface area contributed by atoms with Crippen molar-refractivity contribution in [1.82, 2.24) is 5.32 Å². The van der Waals surface area contributed by atoms with Gasteiger partial charge in [-0.05, 0) is 25.8 Å². The summed E-state index contributed by atoms with van der Waals surface area (Å²) in [5.41, 5.74) is 0. The molecule has 0 bridgehead atoms. The van der Waals surface area contributed by atoms with Crippen molar-refractivity contribution < 1.29 is 17.9 Å². The van der Waals surface area contributed by atoms with Crippen LogP contribution in [-0.4, -0.2) is 59.4 Å². The van der Waals surface area contributed by atoms with Crippen LogP contribution in [0.4, 0.5) is 0 Å². The van der Waals surface area contributed by atoms with Crippen LogP contribution >= 0.6 is 0 Å². The second-order valence-corrected chi connectivity index (χ2v) is 6.57. The van der Waals surface area contributed by atoms with E-state index >= 15 is 0 Å². The summed E-state index contributed by atoms with van der Waals surface area (Å²) in [6.45, 7) is 2.72. The van der Waals surface area contributed by atoms with Crippen molar-refractivity contribution in [3.8, 4) is 0 Å². The predicted molar refractivity (Wildman–Crippen MR) is 67.0 cm³/mol. The largest absolute Gasteiger partial charge is 0.385 e. The maximum atomic E-state index is 11.7. The standard InChI is InChI=1S/C11H23NO4S/c1-15-7-3-5-12-6-9-17(13,14)10-11-4-2-8-16-11/h11-12H,2-10H2,1H3. The molecule has 1 fully saturated rings. The van der Waals surface area contributed by atoms with Crippen LogP contribution in [0, 0.1) is 0 Å². The average Bonchev–Trinajstić information content (AvgIpc) is 2.75. The van der Waals surface area contributed by atoms with Gasteiger partial charge in [0.1, 0.15) is 0 Å². The molecular formula is C11H23NO4S. The predicted octanol–water partition coefficient (Wildman–Crippen LogP) is 0.206. The number of sulfone groups is 1. The Kier molecular flexibility index (Phi) is 7.03. The first-order valence-electron chi connectivity index (χ1n) is 6.16. The highest BCUT2D eigenvalue weighted by atomic mass is 32.2. The van der Waals surface area contributed by atoms with Crippen LogP contribution < -0.4 is 5.32 Å². The van der Waals surface area contributed by atoms with E-state index in [1.165, 1.54) is 0 Å². The molecule has 17 heavy (non-hydrogen) atoms. The minimum absolute atomic E-state index is 0.0755. The molecule has 0 saturated carbocycles. The fraction of sp³-hybridized carbons (Fsp3) is 1.00. The summed E-state index contributed by atoms with van der Waals surface area (Å²) >= 11 is 0. The van der Waals surface area contributed by atoms with Crippen molar-refractivity contribution in [2.75, 3.05) is 44.9 Å². The van der Waals surface area contributed by atoms with Crippen molar-refractivity contribution in [3.05, 3.63) is 0 Å². The second-order valence-electron chi connectivity index (χ2n) is 4.35. The highest BCUT2D eigenvalue weighted by Gasteiger charge is 2.22. The third-order valence-corrected chi connectivity index (χ3v) is 4.46. The van der Waals surface area contributed by atoms with E-state index in [2.05, 4.69) is 5.32 Å². The smallest absolute Gasteiger partial charge is 0.154 e. The van der Waals surface area contributed by atoms with Crippen LogP contribution in [0.25, 0.3) is 0 Å². The minimum atomic E-state index is -2.98. The summed E-state index contributed by atoms with van der Waals surface area (Å²) in [5.74, 6) is 0.368. The summed E-state index contributed by atoms with van der Waals surface area (Å²) in [5, 5.41) is 3.10. The van der Waals surface area contributed by atoms with Gasteiger partial charge in [-0.3, -0.25) is 0 Å². The lowest BCUT2D eigenvalue weighted by Crippen LogP contribution is -2.29. The van der Waals surface area contributed by atoms with E-state index in [9.17, 15) is 8.42 Å². The van der Waals surface area contributed by atoms with Crippen LogP contribution in [0.1, 0.15) is 19.3 Å².